The van der Waals surface area contributed by atoms with Crippen LogP contribution in [0.1, 0.15) is 65.2 Å². The van der Waals surface area contributed by atoms with E-state index < -0.39 is 0 Å². The molecule has 2 nitrogen and oxygen atoms in total. The first kappa shape index (κ1) is 15.6. The summed E-state index contributed by atoms with van der Waals surface area (Å²) in [4.78, 5) is 4.90. The van der Waals surface area contributed by atoms with E-state index in [4.69, 9.17) is 4.99 Å². The number of nitrogens with zero attached hydrogens (tertiary/aromatic N) is 1. The summed E-state index contributed by atoms with van der Waals surface area (Å²) in [6, 6.07) is 1.30. The molecule has 0 aromatic carbocycles. The Morgan fingerprint density at radius 2 is 1.92 bits per heavy atom. The zero-order valence-corrected chi connectivity index (χ0v) is 15.7. The minimum Gasteiger partial charge on any atom is -0.317 e. The molecule has 5 rings (SSSR count). The Bertz CT molecular complexity index is 593. The Labute approximate surface area is 147 Å². The molecule has 8 atom stereocenters. The molecule has 0 aromatic rings. The third kappa shape index (κ3) is 1.84. The second-order valence-corrected chi connectivity index (χ2v) is 9.84. The Morgan fingerprint density at radius 1 is 1.08 bits per heavy atom. The smallest absolute Gasteiger partial charge is 0.0504 e. The molecule has 0 radical (unpaired) electrons. The molecule has 0 bridgehead atoms. The van der Waals surface area contributed by atoms with Gasteiger partial charge in [0.1, 0.15) is 0 Å². The lowest BCUT2D eigenvalue weighted by Crippen LogP contribution is -2.52. The summed E-state index contributed by atoms with van der Waals surface area (Å²) in [6.45, 7) is 4.99. The van der Waals surface area contributed by atoms with Crippen LogP contribution in [0.3, 0.4) is 0 Å². The molecule has 1 heterocycles. The summed E-state index contributed by atoms with van der Waals surface area (Å²) in [5, 5.41) is 3.54. The van der Waals surface area contributed by atoms with Gasteiger partial charge in [-0.05, 0) is 94.4 Å². The van der Waals surface area contributed by atoms with Crippen LogP contribution in [0.2, 0.25) is 0 Å². The summed E-state index contributed by atoms with van der Waals surface area (Å²) in [6.07, 6.45) is 16.3. The van der Waals surface area contributed by atoms with Crippen LogP contribution in [-0.4, -0.2) is 25.3 Å². The van der Waals surface area contributed by atoms with Crippen molar-refractivity contribution in [3.8, 4) is 0 Å². The highest BCUT2D eigenvalue weighted by molar-refractivity contribution is 5.71. The Kier molecular flexibility index (Phi) is 3.38. The number of hydrogen-bond acceptors (Lipinski definition) is 2. The summed E-state index contributed by atoms with van der Waals surface area (Å²) >= 11 is 0. The van der Waals surface area contributed by atoms with E-state index in [-0.39, 0.29) is 0 Å². The van der Waals surface area contributed by atoms with Crippen LogP contribution in [0, 0.1) is 34.5 Å². The van der Waals surface area contributed by atoms with Gasteiger partial charge in [-0.2, -0.15) is 0 Å². The van der Waals surface area contributed by atoms with Crippen LogP contribution in [0.15, 0.2) is 16.6 Å². The van der Waals surface area contributed by atoms with E-state index in [2.05, 4.69) is 38.5 Å². The molecule has 3 saturated carbocycles. The highest BCUT2D eigenvalue weighted by Gasteiger charge is 2.62. The molecule has 24 heavy (non-hydrogen) atoms. The van der Waals surface area contributed by atoms with Gasteiger partial charge in [-0.1, -0.05) is 18.6 Å². The van der Waals surface area contributed by atoms with Gasteiger partial charge in [0.15, 0.2) is 0 Å². The van der Waals surface area contributed by atoms with Gasteiger partial charge in [-0.25, -0.2) is 0 Å². The lowest BCUT2D eigenvalue weighted by Gasteiger charge is -2.57. The van der Waals surface area contributed by atoms with Gasteiger partial charge >= 0.3 is 0 Å². The lowest BCUT2D eigenvalue weighted by atomic mass is 9.47. The molecule has 132 valence electrons. The number of fused-ring (bicyclic) bond motifs is 4. The predicted octanol–water partition coefficient (Wildman–Crippen LogP) is 4.61. The molecule has 1 aliphatic heterocycles. The third-order valence-corrected chi connectivity index (χ3v) is 9.30. The van der Waals surface area contributed by atoms with Crippen molar-refractivity contribution in [3.63, 3.8) is 0 Å². The van der Waals surface area contributed by atoms with E-state index in [1.54, 1.807) is 5.57 Å². The van der Waals surface area contributed by atoms with Crippen LogP contribution in [0.5, 0.6) is 0 Å². The Balaban J connectivity index is 1.48. The van der Waals surface area contributed by atoms with Crippen LogP contribution >= 0.6 is 0 Å². The van der Waals surface area contributed by atoms with Crippen molar-refractivity contribution < 1.29 is 0 Å². The van der Waals surface area contributed by atoms with Gasteiger partial charge in [0.05, 0.1) is 6.04 Å². The minimum atomic E-state index is 0.491. The van der Waals surface area contributed by atoms with Gasteiger partial charge in [-0.15, -0.1) is 0 Å². The molecule has 4 aliphatic carbocycles. The largest absolute Gasteiger partial charge is 0.317 e. The second kappa shape index (κ2) is 5.19. The number of nitrogens with one attached hydrogen (secondary N) is 1. The first-order valence-corrected chi connectivity index (χ1v) is 10.5. The van der Waals surface area contributed by atoms with E-state index in [0.717, 1.165) is 29.7 Å². The van der Waals surface area contributed by atoms with Gasteiger partial charge in [0, 0.05) is 17.7 Å². The minimum absolute atomic E-state index is 0.491. The maximum atomic E-state index is 4.90. The van der Waals surface area contributed by atoms with Gasteiger partial charge in [0.25, 0.3) is 0 Å². The Morgan fingerprint density at radius 3 is 2.75 bits per heavy atom. The van der Waals surface area contributed by atoms with Crippen molar-refractivity contribution in [1.82, 2.24) is 5.32 Å². The molecule has 5 aliphatic rings. The van der Waals surface area contributed by atoms with Crippen molar-refractivity contribution >= 4 is 6.21 Å². The van der Waals surface area contributed by atoms with Crippen LogP contribution in [-0.2, 0) is 0 Å². The summed E-state index contributed by atoms with van der Waals surface area (Å²) < 4.78 is 0. The summed E-state index contributed by atoms with van der Waals surface area (Å²) in [7, 11) is 2.14. The summed E-state index contributed by atoms with van der Waals surface area (Å²) in [5.74, 6) is 3.66. The monoisotopic (exact) mass is 326 g/mol. The van der Waals surface area contributed by atoms with Crippen molar-refractivity contribution in [2.45, 2.75) is 77.3 Å². The molecule has 0 unspecified atom stereocenters. The van der Waals surface area contributed by atoms with E-state index in [0.29, 0.717) is 16.9 Å². The SMILES string of the molecule is CN[C@@H]1CC[C@@]2(C)C(=CC[C@H]3[C@H]4CC[C@H]5[C@H](C)N=C[C@@]45CC[C@@H]32)C1. The number of rotatable bonds is 1. The maximum absolute atomic E-state index is 4.90. The first-order valence-electron chi connectivity index (χ1n) is 10.5. The lowest BCUT2D eigenvalue weighted by molar-refractivity contribution is -0.0157. The zero-order valence-electron chi connectivity index (χ0n) is 15.7. The highest BCUT2D eigenvalue weighted by atomic mass is 14.9. The van der Waals surface area contributed by atoms with Gasteiger partial charge in [-0.3, -0.25) is 4.99 Å². The molecule has 0 amide bonds. The van der Waals surface area contributed by atoms with Crippen LogP contribution in [0.4, 0.5) is 0 Å². The predicted molar refractivity (Wildman–Crippen MR) is 100 cm³/mol. The maximum Gasteiger partial charge on any atom is 0.0504 e. The topological polar surface area (TPSA) is 24.4 Å². The third-order valence-electron chi connectivity index (χ3n) is 9.30. The number of aliphatic imine (C=N–C) groups is 1. The van der Waals surface area contributed by atoms with E-state index in [1.807, 2.05) is 0 Å². The molecule has 1 spiro atoms. The van der Waals surface area contributed by atoms with Crippen molar-refractivity contribution in [2.24, 2.45) is 39.5 Å². The van der Waals surface area contributed by atoms with E-state index in [9.17, 15) is 0 Å². The fourth-order valence-corrected chi connectivity index (χ4v) is 7.98. The number of hydrogen-bond donors (Lipinski definition) is 1. The fraction of sp³-hybridized carbons (Fsp3) is 0.864. The molecular formula is C22H34N2. The first-order chi connectivity index (χ1) is 11.6. The van der Waals surface area contributed by atoms with Crippen molar-refractivity contribution in [1.29, 1.82) is 0 Å². The average molecular weight is 327 g/mol. The highest BCUT2D eigenvalue weighted by Crippen LogP contribution is 2.67. The molecule has 0 saturated heterocycles. The average Bonchev–Trinajstić information content (AvgIpc) is 3.12. The van der Waals surface area contributed by atoms with Gasteiger partial charge in [0.2, 0.25) is 0 Å². The Hall–Kier alpha value is -0.630. The molecule has 2 heteroatoms. The molecule has 1 N–H and O–H groups in total. The van der Waals surface area contributed by atoms with Crippen molar-refractivity contribution in [3.05, 3.63) is 11.6 Å². The molecule has 0 aromatic heterocycles. The molecular weight excluding hydrogens is 292 g/mol. The molecule has 3 fully saturated rings. The second-order valence-electron chi connectivity index (χ2n) is 9.84. The van der Waals surface area contributed by atoms with Crippen molar-refractivity contribution in [2.75, 3.05) is 7.05 Å². The summed E-state index contributed by atoms with van der Waals surface area (Å²) in [5.41, 5.74) is 2.79. The number of allylic oxidation sites excluding steroid dienone is 1. The van der Waals surface area contributed by atoms with Crippen LogP contribution < -0.4 is 5.32 Å². The normalized spacial score (nSPS) is 55.4. The zero-order chi connectivity index (χ0) is 16.5. The van der Waals surface area contributed by atoms with Crippen LogP contribution in [0.25, 0.3) is 0 Å². The standard InChI is InChI=1S/C22H34N2/c1-14-18-6-7-20-17-5-4-15-12-16(23-3)8-10-21(15,2)19(17)9-11-22(18,20)13-24-14/h4,13-14,16-20,23H,5-12H2,1-3H3/t14-,16+,17+,18-,19-,20+,21-,22+/m0/s1. The van der Waals surface area contributed by atoms with E-state index >= 15 is 0 Å². The fourth-order valence-electron chi connectivity index (χ4n) is 7.98. The van der Waals surface area contributed by atoms with Gasteiger partial charge < -0.3 is 5.32 Å². The quantitative estimate of drug-likeness (QED) is 0.699. The van der Waals surface area contributed by atoms with E-state index in [1.165, 1.54) is 51.4 Å².